The summed E-state index contributed by atoms with van der Waals surface area (Å²) in [6, 6.07) is 6.52. The maximum atomic E-state index is 12.8. The van der Waals surface area contributed by atoms with Gasteiger partial charge in [-0.1, -0.05) is 36.9 Å². The lowest BCUT2D eigenvalue weighted by atomic mass is 10.2. The lowest BCUT2D eigenvalue weighted by molar-refractivity contribution is -0.137. The lowest BCUT2D eigenvalue weighted by Gasteiger charge is -2.26. The summed E-state index contributed by atoms with van der Waals surface area (Å²) in [5.74, 6) is -2.09. The molecule has 0 aliphatic carbocycles. The van der Waals surface area contributed by atoms with Crippen molar-refractivity contribution in [3.05, 3.63) is 48.2 Å². The van der Waals surface area contributed by atoms with Crippen LogP contribution in [0.25, 0.3) is 0 Å². The van der Waals surface area contributed by atoms with Gasteiger partial charge in [-0.2, -0.15) is 0 Å². The third-order valence-corrected chi connectivity index (χ3v) is 5.29. The number of carbonyl (C=O) groups is 5. The first kappa shape index (κ1) is 26.4. The van der Waals surface area contributed by atoms with E-state index in [-0.39, 0.29) is 18.2 Å². The topological polar surface area (TPSA) is 146 Å². The number of rotatable bonds is 9. The molecule has 1 aliphatic rings. The van der Waals surface area contributed by atoms with Gasteiger partial charge in [-0.15, -0.1) is 0 Å². The Morgan fingerprint density at radius 1 is 1.06 bits per heavy atom. The number of carbonyl (C=O) groups excluding carboxylic acids is 5. The molecule has 0 aromatic heterocycles. The molecule has 0 spiro atoms. The first-order chi connectivity index (χ1) is 16.1. The number of ether oxygens (including phenoxy) is 1. The van der Waals surface area contributed by atoms with Gasteiger partial charge in [-0.3, -0.25) is 19.2 Å². The average Bonchev–Trinajstić information content (AvgIpc) is 3.32. The number of alkyl carbamates (subject to hydrolysis) is 1. The van der Waals surface area contributed by atoms with Crippen molar-refractivity contribution in [3.63, 3.8) is 0 Å². The van der Waals surface area contributed by atoms with Crippen LogP contribution in [0.15, 0.2) is 42.6 Å². The molecule has 1 aromatic rings. The molecule has 1 aromatic carbocycles. The van der Waals surface area contributed by atoms with Gasteiger partial charge < -0.3 is 30.9 Å². The lowest BCUT2D eigenvalue weighted by Crippen LogP contribution is -2.53. The molecule has 1 heterocycles. The maximum absolute atomic E-state index is 12.8. The predicted octanol–water partition coefficient (Wildman–Crippen LogP) is 0.173. The van der Waals surface area contributed by atoms with Crippen LogP contribution in [0.1, 0.15) is 32.3 Å². The van der Waals surface area contributed by atoms with Crippen LogP contribution < -0.4 is 21.3 Å². The number of hydrogen-bond acceptors (Lipinski definition) is 6. The number of nitrogens with one attached hydrogen (secondary N) is 4. The molecule has 184 valence electrons. The molecular weight excluding hydrogens is 442 g/mol. The summed E-state index contributed by atoms with van der Waals surface area (Å²) in [6.07, 6.45) is 0.222. The Morgan fingerprint density at radius 2 is 1.71 bits per heavy atom. The van der Waals surface area contributed by atoms with Crippen LogP contribution in [0.5, 0.6) is 0 Å². The van der Waals surface area contributed by atoms with Crippen molar-refractivity contribution in [2.75, 3.05) is 13.6 Å². The zero-order valence-corrected chi connectivity index (χ0v) is 19.6. The second kappa shape index (κ2) is 12.4. The Hall–Kier alpha value is -3.89. The van der Waals surface area contributed by atoms with Crippen LogP contribution in [0.4, 0.5) is 4.79 Å². The van der Waals surface area contributed by atoms with Gasteiger partial charge in [0.15, 0.2) is 0 Å². The number of hydrogen-bond donors (Lipinski definition) is 4. The quantitative estimate of drug-likeness (QED) is 0.376. The van der Waals surface area contributed by atoms with Crippen molar-refractivity contribution < 1.29 is 28.7 Å². The van der Waals surface area contributed by atoms with Crippen LogP contribution in [-0.4, -0.2) is 66.3 Å². The summed E-state index contributed by atoms with van der Waals surface area (Å²) in [7, 11) is 1.46. The van der Waals surface area contributed by atoms with E-state index in [4.69, 9.17) is 4.74 Å². The summed E-state index contributed by atoms with van der Waals surface area (Å²) >= 11 is 0. The molecule has 34 heavy (non-hydrogen) atoms. The van der Waals surface area contributed by atoms with Crippen molar-refractivity contribution in [1.29, 1.82) is 0 Å². The molecular formula is C23H31N5O6. The number of likely N-dealkylation sites (N-methyl/N-ethyl adjacent to an activating group) is 1. The Labute approximate surface area is 198 Å². The molecule has 0 bridgehead atoms. The van der Waals surface area contributed by atoms with E-state index in [0.29, 0.717) is 19.4 Å². The summed E-state index contributed by atoms with van der Waals surface area (Å²) in [4.78, 5) is 62.7. The first-order valence-electron chi connectivity index (χ1n) is 10.9. The largest absolute Gasteiger partial charge is 0.445 e. The highest BCUT2D eigenvalue weighted by molar-refractivity contribution is 6.01. The summed E-state index contributed by atoms with van der Waals surface area (Å²) in [5.41, 5.74) is 0.568. The van der Waals surface area contributed by atoms with E-state index in [1.807, 2.05) is 18.2 Å². The van der Waals surface area contributed by atoms with Gasteiger partial charge in [-0.05, 0) is 32.3 Å². The zero-order chi connectivity index (χ0) is 25.3. The predicted molar refractivity (Wildman–Crippen MR) is 123 cm³/mol. The van der Waals surface area contributed by atoms with Gasteiger partial charge in [0.1, 0.15) is 24.7 Å². The molecule has 5 amide bonds. The zero-order valence-electron chi connectivity index (χ0n) is 19.6. The average molecular weight is 474 g/mol. The van der Waals surface area contributed by atoms with Crippen molar-refractivity contribution in [2.45, 2.75) is 51.4 Å². The Kier molecular flexibility index (Phi) is 9.60. The fourth-order valence-corrected chi connectivity index (χ4v) is 3.36. The molecule has 11 heteroatoms. The van der Waals surface area contributed by atoms with Crippen LogP contribution in [-0.2, 0) is 30.5 Å². The minimum atomic E-state index is -1.00. The van der Waals surface area contributed by atoms with Crippen LogP contribution in [0.2, 0.25) is 0 Å². The van der Waals surface area contributed by atoms with Gasteiger partial charge in [0, 0.05) is 13.6 Å². The second-order valence-electron chi connectivity index (χ2n) is 7.90. The molecule has 0 saturated carbocycles. The fourth-order valence-electron chi connectivity index (χ4n) is 3.36. The van der Waals surface area contributed by atoms with E-state index < -0.39 is 41.9 Å². The standard InChI is InChI=1S/C23H31N5O6/c1-14(19(29)24-4)25-21(31)18-11-8-12-28(18)22(32)16(3)26-20(30)15(2)27-23(33)34-13-17-9-6-5-7-10-17/h5-7,9-10,14-15,18H,3,8,11-13H2,1-2,4H3,(H,24,29)(H,25,31)(H,26,30)(H,27,33)/t14-,15+,18+/m0/s1. The van der Waals surface area contributed by atoms with Gasteiger partial charge in [-0.25, -0.2) is 4.79 Å². The molecule has 4 N–H and O–H groups in total. The Bertz CT molecular complexity index is 935. The van der Waals surface area contributed by atoms with E-state index in [1.165, 1.54) is 25.8 Å². The van der Waals surface area contributed by atoms with Crippen LogP contribution in [0.3, 0.4) is 0 Å². The van der Waals surface area contributed by atoms with Gasteiger partial charge in [0.25, 0.3) is 5.91 Å². The minimum absolute atomic E-state index is 0.0448. The SMILES string of the molecule is C=C(NC(=O)[C@@H](C)NC(=O)OCc1ccccc1)C(=O)N1CCC[C@@H]1C(=O)N[C@@H](C)C(=O)NC. The van der Waals surface area contributed by atoms with Gasteiger partial charge in [0.05, 0.1) is 5.70 Å². The molecule has 0 radical (unpaired) electrons. The van der Waals surface area contributed by atoms with Gasteiger partial charge in [0.2, 0.25) is 17.7 Å². The minimum Gasteiger partial charge on any atom is -0.445 e. The van der Waals surface area contributed by atoms with Crippen molar-refractivity contribution in [3.8, 4) is 0 Å². The molecule has 1 aliphatic heterocycles. The van der Waals surface area contributed by atoms with Crippen LogP contribution >= 0.6 is 0 Å². The van der Waals surface area contributed by atoms with E-state index >= 15 is 0 Å². The molecule has 1 fully saturated rings. The smallest absolute Gasteiger partial charge is 0.408 e. The van der Waals surface area contributed by atoms with Crippen molar-refractivity contribution >= 4 is 29.7 Å². The Balaban J connectivity index is 1.85. The van der Waals surface area contributed by atoms with Crippen molar-refractivity contribution in [2.24, 2.45) is 0 Å². The molecule has 3 atom stereocenters. The summed E-state index contributed by atoms with van der Waals surface area (Å²) in [6.45, 7) is 6.93. The number of amides is 5. The Morgan fingerprint density at radius 3 is 2.35 bits per heavy atom. The van der Waals surface area contributed by atoms with Gasteiger partial charge >= 0.3 is 6.09 Å². The monoisotopic (exact) mass is 473 g/mol. The highest BCUT2D eigenvalue weighted by atomic mass is 16.5. The van der Waals surface area contributed by atoms with Crippen molar-refractivity contribution in [1.82, 2.24) is 26.2 Å². The normalized spacial score (nSPS) is 16.6. The van der Waals surface area contributed by atoms with Crippen LogP contribution in [0, 0.1) is 0 Å². The maximum Gasteiger partial charge on any atom is 0.408 e. The molecule has 2 rings (SSSR count). The van der Waals surface area contributed by atoms with E-state index in [0.717, 1.165) is 5.56 Å². The van der Waals surface area contributed by atoms with E-state index in [1.54, 1.807) is 12.1 Å². The second-order valence-corrected chi connectivity index (χ2v) is 7.90. The first-order valence-corrected chi connectivity index (χ1v) is 10.9. The molecule has 0 unspecified atom stereocenters. The van der Waals surface area contributed by atoms with E-state index in [9.17, 15) is 24.0 Å². The number of nitrogens with zero attached hydrogens (tertiary/aromatic N) is 1. The summed E-state index contributed by atoms with van der Waals surface area (Å²) in [5, 5.41) is 9.78. The third kappa shape index (κ3) is 7.32. The number of likely N-dealkylation sites (tertiary alicyclic amines) is 1. The fraction of sp³-hybridized carbons (Fsp3) is 0.435. The summed E-state index contributed by atoms with van der Waals surface area (Å²) < 4.78 is 5.08. The number of benzene rings is 1. The van der Waals surface area contributed by atoms with E-state index in [2.05, 4.69) is 27.8 Å². The molecule has 11 nitrogen and oxygen atoms in total. The highest BCUT2D eigenvalue weighted by Gasteiger charge is 2.36. The third-order valence-electron chi connectivity index (χ3n) is 5.29. The highest BCUT2D eigenvalue weighted by Crippen LogP contribution is 2.19. The molecule has 1 saturated heterocycles.